The molecule has 0 aliphatic carbocycles. The van der Waals surface area contributed by atoms with E-state index in [2.05, 4.69) is 65.5 Å². The van der Waals surface area contributed by atoms with E-state index in [-0.39, 0.29) is 88.1 Å². The molecule has 82 heavy (non-hydrogen) atoms. The summed E-state index contributed by atoms with van der Waals surface area (Å²) in [6.07, 6.45) is 1.20. The summed E-state index contributed by atoms with van der Waals surface area (Å²) in [5.74, 6) is -12.2. The molecule has 0 heterocycles. The Hall–Kier alpha value is -6.37. The Labute approximate surface area is 486 Å². The highest BCUT2D eigenvalue weighted by molar-refractivity contribution is 7.80. The molecule has 0 aromatic heterocycles. The van der Waals surface area contributed by atoms with Gasteiger partial charge in [-0.1, -0.05) is 61.8 Å². The predicted octanol–water partition coefficient (Wildman–Crippen LogP) is -3.35. The van der Waals surface area contributed by atoms with E-state index >= 15 is 0 Å². The van der Waals surface area contributed by atoms with Crippen LogP contribution in [-0.4, -0.2) is 179 Å². The monoisotopic (exact) mass is 1190 g/mol. The minimum Gasteiger partial charge on any atom is -0.481 e. The van der Waals surface area contributed by atoms with Crippen molar-refractivity contribution in [1.29, 1.82) is 0 Å². The summed E-state index contributed by atoms with van der Waals surface area (Å²) in [7, 11) is 0. The minimum atomic E-state index is -1.64. The molecule has 0 rings (SSSR count). The summed E-state index contributed by atoms with van der Waals surface area (Å²) < 4.78 is 0. The number of amides is 9. The number of unbranched alkanes of at least 4 members (excludes halogenated alkanes) is 2. The van der Waals surface area contributed by atoms with Crippen LogP contribution in [0, 0.1) is 23.7 Å². The van der Waals surface area contributed by atoms with Crippen molar-refractivity contribution >= 4 is 83.7 Å². The Kier molecular flexibility index (Phi) is 37.6. The first kappa shape index (κ1) is 75.6. The number of carbonyl (C=O) groups excluding carboxylic acids is 9. The number of nitrogens with one attached hydrogen (secondary N) is 9. The van der Waals surface area contributed by atoms with Crippen LogP contribution in [0.1, 0.15) is 139 Å². The van der Waals surface area contributed by atoms with Gasteiger partial charge in [-0.25, -0.2) is 4.79 Å². The minimum absolute atomic E-state index is 0.00693. The molecule has 30 heteroatoms. The van der Waals surface area contributed by atoms with Crippen LogP contribution in [0.15, 0.2) is 4.99 Å². The van der Waals surface area contributed by atoms with E-state index in [1.54, 1.807) is 55.4 Å². The molecule has 9 amide bonds. The lowest BCUT2D eigenvalue weighted by atomic mass is 9.97. The smallest absolute Gasteiger partial charge is 0.326 e. The van der Waals surface area contributed by atoms with E-state index in [0.717, 1.165) is 0 Å². The molecule has 29 nitrogen and oxygen atoms in total. The Balaban J connectivity index is 6.69. The number of hydrogen-bond acceptors (Lipinski definition) is 17. The number of nitrogens with two attached hydrogens (primary N) is 5. The molecule has 0 aromatic carbocycles. The summed E-state index contributed by atoms with van der Waals surface area (Å²) in [6.45, 7) is 13.5. The summed E-state index contributed by atoms with van der Waals surface area (Å²) >= 11 is 4.31. The maximum Gasteiger partial charge on any atom is 0.326 e. The lowest BCUT2D eigenvalue weighted by Gasteiger charge is -2.29. The molecule has 0 radical (unpaired) electrons. The molecular weight excluding hydrogens is 1090 g/mol. The summed E-state index contributed by atoms with van der Waals surface area (Å²) in [6, 6.07) is -13.5. The van der Waals surface area contributed by atoms with Crippen molar-refractivity contribution in [1.82, 2.24) is 47.9 Å². The Bertz CT molecular complexity index is 2100. The van der Waals surface area contributed by atoms with E-state index in [9.17, 15) is 68.1 Å². The Morgan fingerprint density at radius 2 is 0.890 bits per heavy atom. The van der Waals surface area contributed by atoms with Gasteiger partial charge in [0.25, 0.3) is 0 Å². The first-order chi connectivity index (χ1) is 38.5. The zero-order valence-corrected chi connectivity index (χ0v) is 49.8. The molecule has 0 spiro atoms. The van der Waals surface area contributed by atoms with Gasteiger partial charge >= 0.3 is 11.9 Å². The van der Waals surface area contributed by atoms with Crippen molar-refractivity contribution in [2.45, 2.75) is 199 Å². The lowest BCUT2D eigenvalue weighted by molar-refractivity contribution is -0.143. The van der Waals surface area contributed by atoms with Crippen LogP contribution in [0.5, 0.6) is 0 Å². The average Bonchev–Trinajstić information content (AvgIpc) is 3.43. The first-order valence-electron chi connectivity index (χ1n) is 28.1. The number of thiol groups is 1. The summed E-state index contributed by atoms with van der Waals surface area (Å²) in [5.41, 5.74) is 28.3. The second-order valence-electron chi connectivity index (χ2n) is 21.5. The van der Waals surface area contributed by atoms with Gasteiger partial charge in [-0.3, -0.25) is 52.9 Å². The first-order valence-corrected chi connectivity index (χ1v) is 28.7. The van der Waals surface area contributed by atoms with Gasteiger partial charge in [0, 0.05) is 18.7 Å². The quantitative estimate of drug-likeness (QED) is 0.0123. The van der Waals surface area contributed by atoms with Gasteiger partial charge in [-0.15, -0.1) is 0 Å². The number of aliphatic imine (C=N–C) groups is 1. The van der Waals surface area contributed by atoms with Gasteiger partial charge in [0.15, 0.2) is 5.96 Å². The van der Waals surface area contributed by atoms with Gasteiger partial charge in [0.2, 0.25) is 53.2 Å². The van der Waals surface area contributed by atoms with Gasteiger partial charge in [0.05, 0.1) is 12.6 Å². The summed E-state index contributed by atoms with van der Waals surface area (Å²) in [5, 5.41) is 52.2. The van der Waals surface area contributed by atoms with Gasteiger partial charge in [-0.2, -0.15) is 12.6 Å². The largest absolute Gasteiger partial charge is 0.481 e. The molecule has 0 aliphatic rings. The number of aliphatic hydroxyl groups is 1. The van der Waals surface area contributed by atoms with E-state index in [1.165, 1.54) is 0 Å². The highest BCUT2D eigenvalue weighted by Crippen LogP contribution is 2.14. The maximum absolute atomic E-state index is 14.3. The van der Waals surface area contributed by atoms with E-state index < -0.39 is 157 Å². The molecule has 0 saturated heterocycles. The Morgan fingerprint density at radius 1 is 0.488 bits per heavy atom. The molecule has 11 atom stereocenters. The topological polar surface area (TPSA) is 499 Å². The average molecular weight is 1190 g/mol. The van der Waals surface area contributed by atoms with Gasteiger partial charge in [0.1, 0.15) is 54.4 Å². The third kappa shape index (κ3) is 30.1. The van der Waals surface area contributed by atoms with Crippen molar-refractivity contribution in [3.8, 4) is 0 Å². The second-order valence-corrected chi connectivity index (χ2v) is 21.9. The number of rotatable bonds is 43. The van der Waals surface area contributed by atoms with Crippen molar-refractivity contribution in [3.05, 3.63) is 0 Å². The number of aliphatic carboxylic acids is 2. The highest BCUT2D eigenvalue weighted by atomic mass is 32.1. The zero-order valence-electron chi connectivity index (χ0n) is 48.9. The van der Waals surface area contributed by atoms with Crippen LogP contribution in [0.2, 0.25) is 0 Å². The molecule has 0 aromatic rings. The number of nitrogens with zero attached hydrogens (tertiary/aromatic N) is 1. The molecule has 0 aliphatic heterocycles. The van der Waals surface area contributed by atoms with Crippen molar-refractivity contribution in [2.24, 2.45) is 57.3 Å². The number of carboxylic acids is 2. The molecule has 0 saturated carbocycles. The maximum atomic E-state index is 14.3. The number of aliphatic hydroxyl groups excluding tert-OH is 1. The molecule has 22 N–H and O–H groups in total. The van der Waals surface area contributed by atoms with Crippen molar-refractivity contribution in [2.75, 3.05) is 32.0 Å². The number of hydrogen-bond donors (Lipinski definition) is 18. The fraction of sp³-hybridized carbons (Fsp3) is 0.769. The number of carboxylic acid groups (broad SMARTS) is 2. The van der Waals surface area contributed by atoms with Crippen molar-refractivity contribution in [3.63, 3.8) is 0 Å². The molecular formula is C52H97N15O14S. The third-order valence-corrected chi connectivity index (χ3v) is 13.4. The molecule has 470 valence electrons. The molecule has 0 fully saturated rings. The zero-order chi connectivity index (χ0) is 62.8. The lowest BCUT2D eigenvalue weighted by Crippen LogP contribution is -2.61. The van der Waals surface area contributed by atoms with E-state index in [0.29, 0.717) is 25.7 Å². The van der Waals surface area contributed by atoms with E-state index in [1.807, 2.05) is 0 Å². The highest BCUT2D eigenvalue weighted by Gasteiger charge is 2.37. The van der Waals surface area contributed by atoms with Gasteiger partial charge in [-0.05, 0) is 107 Å². The van der Waals surface area contributed by atoms with Crippen LogP contribution in [0.25, 0.3) is 0 Å². The fourth-order valence-corrected chi connectivity index (χ4v) is 8.39. The standard InChI is InChI=1S/C52H97N15O14S/c1-9-30(8)41(50(79)64-37(25-68)47(76)63-36(51(80)81)24-28(4)5)67-45(74)34(18-19-39(69)70)61-44(73)32(16-10-12-20-53)59-43(72)33(17-11-13-21-54)60-48(77)38(26-82)65-46(75)35(23-27(2)3)62-49(78)40(29(6)7)66-42(71)31(55)15-14-22-58-52(56)57/h27-38,40-41,68,82H,9-26,53-55H2,1-8H3,(H,59,72)(H,60,77)(H,61,73)(H,62,78)(H,63,76)(H,64,79)(H,65,75)(H,66,71)(H,67,74)(H,69,70)(H,80,81)(H4,56,57,58)/t30-,31-,32-,33-,34-,35-,36-,37-,38-,40-,41-/m0/s1. The van der Waals surface area contributed by atoms with Gasteiger partial charge < -0.3 is 91.8 Å². The van der Waals surface area contributed by atoms with Crippen molar-refractivity contribution < 1.29 is 68.1 Å². The second kappa shape index (κ2) is 40.8. The summed E-state index contributed by atoms with van der Waals surface area (Å²) in [4.78, 5) is 152. The normalized spacial score (nSPS) is 15.3. The third-order valence-electron chi connectivity index (χ3n) is 13.1. The predicted molar refractivity (Wildman–Crippen MR) is 310 cm³/mol. The number of carbonyl (C=O) groups is 11. The van der Waals surface area contributed by atoms with Crippen LogP contribution in [0.3, 0.4) is 0 Å². The Morgan fingerprint density at radius 3 is 1.33 bits per heavy atom. The van der Waals surface area contributed by atoms with Crippen LogP contribution >= 0.6 is 12.6 Å². The molecule has 0 bridgehead atoms. The van der Waals surface area contributed by atoms with Crippen LogP contribution < -0.4 is 76.5 Å². The van der Waals surface area contributed by atoms with E-state index in [4.69, 9.17) is 28.7 Å². The van der Waals surface area contributed by atoms with Crippen LogP contribution in [0.4, 0.5) is 0 Å². The fourth-order valence-electron chi connectivity index (χ4n) is 8.13. The van der Waals surface area contributed by atoms with Crippen LogP contribution in [-0.2, 0) is 52.7 Å². The molecule has 0 unspecified atom stereocenters. The number of guanidine groups is 1. The SMILES string of the molecule is CC[C@H](C)[C@H](NC(=O)[C@H](CCC(=O)O)NC(=O)[C@H](CCCCN)NC(=O)[C@H](CCCCN)NC(=O)[C@H](CS)NC(=O)[C@H](CC(C)C)NC(=O)[C@@H](NC(=O)[C@@H](N)CCCN=C(N)N)C(C)C)C(=O)N[C@@H](CO)C(=O)N[C@@H](CC(C)C)C(=O)O.